The number of carbonyl (C=O) groups excluding carboxylic acids is 2. The van der Waals surface area contributed by atoms with E-state index in [9.17, 15) is 9.59 Å². The van der Waals surface area contributed by atoms with Crippen molar-refractivity contribution in [3.05, 3.63) is 72.0 Å². The molecule has 0 fully saturated rings. The molecule has 8 nitrogen and oxygen atoms in total. The van der Waals surface area contributed by atoms with Crippen LogP contribution in [0.5, 0.6) is 5.75 Å². The lowest BCUT2D eigenvalue weighted by atomic mass is 10.1. The minimum Gasteiger partial charge on any atom is -0.497 e. The molecule has 8 heteroatoms. The van der Waals surface area contributed by atoms with Crippen molar-refractivity contribution in [3.8, 4) is 17.1 Å². The number of hydrazone groups is 1. The molecule has 0 atom stereocenters. The molecule has 0 radical (unpaired) electrons. The number of methoxy groups -OCH3 is 1. The second kappa shape index (κ2) is 10.6. The van der Waals surface area contributed by atoms with Crippen LogP contribution in [0, 0.1) is 0 Å². The van der Waals surface area contributed by atoms with Crippen molar-refractivity contribution in [1.82, 2.24) is 5.43 Å². The Morgan fingerprint density at radius 3 is 2.65 bits per heavy atom. The van der Waals surface area contributed by atoms with Crippen LogP contribution in [0.2, 0.25) is 0 Å². The molecule has 1 amide bonds. The Kier molecular flexibility index (Phi) is 7.42. The van der Waals surface area contributed by atoms with Gasteiger partial charge in [0.15, 0.2) is 0 Å². The lowest BCUT2D eigenvalue weighted by Crippen LogP contribution is -2.25. The van der Waals surface area contributed by atoms with Gasteiger partial charge in [-0.1, -0.05) is 18.2 Å². The molecule has 0 aliphatic rings. The number of anilines is 1. The van der Waals surface area contributed by atoms with Crippen LogP contribution in [0.25, 0.3) is 11.3 Å². The Balaban J connectivity index is 1.51. The van der Waals surface area contributed by atoms with E-state index in [4.69, 9.17) is 13.9 Å². The summed E-state index contributed by atoms with van der Waals surface area (Å²) < 4.78 is 15.8. The number of nitrogens with zero attached hydrogens (tertiary/aromatic N) is 1. The van der Waals surface area contributed by atoms with Crippen molar-refractivity contribution in [2.24, 2.45) is 5.10 Å². The molecular weight excluding hydrogens is 398 g/mol. The third kappa shape index (κ3) is 6.20. The highest BCUT2D eigenvalue weighted by molar-refractivity contribution is 5.90. The maximum atomic E-state index is 11.9. The summed E-state index contributed by atoms with van der Waals surface area (Å²) in [6.07, 6.45) is 1.42. The maximum Gasteiger partial charge on any atom is 0.338 e. The van der Waals surface area contributed by atoms with Crippen molar-refractivity contribution in [1.29, 1.82) is 0 Å². The van der Waals surface area contributed by atoms with Crippen molar-refractivity contribution in [3.63, 3.8) is 0 Å². The molecule has 3 aromatic rings. The molecule has 1 aromatic heterocycles. The Bertz CT molecular complexity index is 1060. The molecule has 0 aliphatic heterocycles. The fourth-order valence-corrected chi connectivity index (χ4v) is 2.69. The van der Waals surface area contributed by atoms with E-state index in [2.05, 4.69) is 15.8 Å². The predicted molar refractivity (Wildman–Crippen MR) is 117 cm³/mol. The van der Waals surface area contributed by atoms with Crippen molar-refractivity contribution in [2.45, 2.75) is 6.92 Å². The summed E-state index contributed by atoms with van der Waals surface area (Å²) in [5.41, 5.74) is 4.48. The maximum absolute atomic E-state index is 11.9. The van der Waals surface area contributed by atoms with Gasteiger partial charge in [-0.05, 0) is 43.3 Å². The van der Waals surface area contributed by atoms with Crippen LogP contribution in [-0.2, 0) is 9.53 Å². The fraction of sp³-hybridized carbons (Fsp3) is 0.174. The summed E-state index contributed by atoms with van der Waals surface area (Å²) in [7, 11) is 1.58. The van der Waals surface area contributed by atoms with Crippen LogP contribution in [0.1, 0.15) is 23.0 Å². The third-order valence-electron chi connectivity index (χ3n) is 4.21. The van der Waals surface area contributed by atoms with E-state index in [1.54, 1.807) is 56.5 Å². The molecule has 3 rings (SSSR count). The number of esters is 1. The van der Waals surface area contributed by atoms with Crippen LogP contribution >= 0.6 is 0 Å². The minimum atomic E-state index is -0.363. The second-order valence-electron chi connectivity index (χ2n) is 6.38. The van der Waals surface area contributed by atoms with E-state index in [1.165, 1.54) is 6.21 Å². The SMILES string of the molecule is CCOC(=O)c1ccc(-c2ccc(/C=N\NC(=O)CNc3cccc(OC)c3)o2)cc1. The average Bonchev–Trinajstić information content (AvgIpc) is 3.27. The molecular formula is C23H23N3O5. The van der Waals surface area contributed by atoms with Gasteiger partial charge >= 0.3 is 5.97 Å². The predicted octanol–water partition coefficient (Wildman–Crippen LogP) is 3.69. The Morgan fingerprint density at radius 2 is 1.90 bits per heavy atom. The normalized spacial score (nSPS) is 10.6. The highest BCUT2D eigenvalue weighted by Crippen LogP contribution is 2.22. The first-order valence-corrected chi connectivity index (χ1v) is 9.66. The largest absolute Gasteiger partial charge is 0.497 e. The van der Waals surface area contributed by atoms with E-state index in [1.807, 2.05) is 18.2 Å². The molecule has 2 aromatic carbocycles. The van der Waals surface area contributed by atoms with E-state index in [0.29, 0.717) is 29.4 Å². The fourth-order valence-electron chi connectivity index (χ4n) is 2.69. The van der Waals surface area contributed by atoms with Crippen LogP contribution in [0.15, 0.2) is 70.2 Å². The summed E-state index contributed by atoms with van der Waals surface area (Å²) in [5, 5.41) is 6.90. The lowest BCUT2D eigenvalue weighted by molar-refractivity contribution is -0.119. The van der Waals surface area contributed by atoms with Crippen molar-refractivity contribution >= 4 is 23.8 Å². The van der Waals surface area contributed by atoms with E-state index in [-0.39, 0.29) is 18.4 Å². The van der Waals surface area contributed by atoms with E-state index < -0.39 is 0 Å². The molecule has 0 unspecified atom stereocenters. The van der Waals surface area contributed by atoms with E-state index in [0.717, 1.165) is 11.3 Å². The molecule has 0 spiro atoms. The first kappa shape index (κ1) is 21.6. The van der Waals surface area contributed by atoms with Gasteiger partial charge in [0.05, 0.1) is 32.0 Å². The van der Waals surface area contributed by atoms with Crippen LogP contribution in [-0.4, -0.2) is 38.4 Å². The third-order valence-corrected chi connectivity index (χ3v) is 4.21. The van der Waals surface area contributed by atoms with Crippen molar-refractivity contribution < 1.29 is 23.5 Å². The number of amides is 1. The molecule has 31 heavy (non-hydrogen) atoms. The molecule has 0 saturated heterocycles. The number of hydrogen-bond acceptors (Lipinski definition) is 7. The smallest absolute Gasteiger partial charge is 0.338 e. The van der Waals surface area contributed by atoms with Gasteiger partial charge in [0.1, 0.15) is 17.3 Å². The van der Waals surface area contributed by atoms with Gasteiger partial charge < -0.3 is 19.2 Å². The zero-order valence-corrected chi connectivity index (χ0v) is 17.3. The van der Waals surface area contributed by atoms with Crippen molar-refractivity contribution in [2.75, 3.05) is 25.6 Å². The molecule has 2 N–H and O–H groups in total. The first-order chi connectivity index (χ1) is 15.1. The average molecular weight is 421 g/mol. The molecule has 160 valence electrons. The van der Waals surface area contributed by atoms with Gasteiger partial charge in [-0.3, -0.25) is 4.79 Å². The quantitative estimate of drug-likeness (QED) is 0.310. The zero-order valence-electron chi connectivity index (χ0n) is 17.3. The number of benzene rings is 2. The highest BCUT2D eigenvalue weighted by Gasteiger charge is 2.08. The molecule has 1 heterocycles. The Hall–Kier alpha value is -4.07. The first-order valence-electron chi connectivity index (χ1n) is 9.66. The standard InChI is InChI=1S/C23H23N3O5/c1-3-30-23(28)17-9-7-16(8-10-17)21-12-11-20(31-21)14-25-26-22(27)15-24-18-5-4-6-19(13-18)29-2/h4-14,24H,3,15H2,1-2H3,(H,26,27)/b25-14-. The number of nitrogens with one attached hydrogen (secondary N) is 2. The Morgan fingerprint density at radius 1 is 1.10 bits per heavy atom. The number of hydrogen-bond donors (Lipinski definition) is 2. The van der Waals surface area contributed by atoms with Gasteiger partial charge in [0.2, 0.25) is 0 Å². The van der Waals surface area contributed by atoms with Gasteiger partial charge in [-0.2, -0.15) is 5.10 Å². The van der Waals surface area contributed by atoms with E-state index >= 15 is 0 Å². The monoisotopic (exact) mass is 421 g/mol. The number of rotatable bonds is 9. The van der Waals surface area contributed by atoms with Crippen LogP contribution in [0.3, 0.4) is 0 Å². The molecule has 0 aliphatic carbocycles. The summed E-state index contributed by atoms with van der Waals surface area (Å²) in [4.78, 5) is 23.7. The summed E-state index contributed by atoms with van der Waals surface area (Å²) in [5.74, 6) is 1.12. The lowest BCUT2D eigenvalue weighted by Gasteiger charge is -2.06. The van der Waals surface area contributed by atoms with Crippen LogP contribution in [0.4, 0.5) is 5.69 Å². The summed E-state index contributed by atoms with van der Waals surface area (Å²) in [6.45, 7) is 2.15. The van der Waals surface area contributed by atoms with Gasteiger partial charge in [0, 0.05) is 17.3 Å². The molecule has 0 bridgehead atoms. The number of furan rings is 1. The highest BCUT2D eigenvalue weighted by atomic mass is 16.5. The van der Waals surface area contributed by atoms with Gasteiger partial charge in [-0.15, -0.1) is 0 Å². The van der Waals surface area contributed by atoms with Gasteiger partial charge in [0.25, 0.3) is 5.91 Å². The molecule has 0 saturated carbocycles. The summed E-state index contributed by atoms with van der Waals surface area (Å²) in [6, 6.07) is 17.7. The zero-order chi connectivity index (χ0) is 22.1. The number of carbonyl (C=O) groups is 2. The summed E-state index contributed by atoms with van der Waals surface area (Å²) >= 11 is 0. The number of ether oxygens (including phenoxy) is 2. The minimum absolute atomic E-state index is 0.0563. The second-order valence-corrected chi connectivity index (χ2v) is 6.38. The Labute approximate surface area is 179 Å². The van der Waals surface area contributed by atoms with Crippen LogP contribution < -0.4 is 15.5 Å². The van der Waals surface area contributed by atoms with Gasteiger partial charge in [-0.25, -0.2) is 10.2 Å². The topological polar surface area (TPSA) is 102 Å².